The van der Waals surface area contributed by atoms with Crippen molar-refractivity contribution in [2.45, 2.75) is 39.2 Å². The normalized spacial score (nSPS) is 14.5. The van der Waals surface area contributed by atoms with E-state index < -0.39 is 0 Å². The molecule has 2 aliphatic carbocycles. The first-order valence-electron chi connectivity index (χ1n) is 11.9. The first kappa shape index (κ1) is 20.6. The maximum absolute atomic E-state index is 5.15. The SMILES string of the molecule is Cc1ccc(-n2c3c/c(=N\C4CCC4)c(Nc4cccnc4C)cc-3nc3ccccc32)cc1. The van der Waals surface area contributed by atoms with E-state index >= 15 is 0 Å². The highest BCUT2D eigenvalue weighted by atomic mass is 15.0. The van der Waals surface area contributed by atoms with Gasteiger partial charge in [0.2, 0.25) is 0 Å². The lowest BCUT2D eigenvalue weighted by Crippen LogP contribution is -2.22. The molecular formula is C29H27N5. The lowest BCUT2D eigenvalue weighted by atomic mass is 9.94. The van der Waals surface area contributed by atoms with Gasteiger partial charge in [0, 0.05) is 11.9 Å². The van der Waals surface area contributed by atoms with E-state index in [1.165, 1.54) is 12.0 Å². The Hall–Kier alpha value is -3.99. The van der Waals surface area contributed by atoms with Crippen LogP contribution in [-0.2, 0) is 0 Å². The molecule has 1 aliphatic heterocycles. The maximum atomic E-state index is 5.15. The summed E-state index contributed by atoms with van der Waals surface area (Å²) in [5, 5.41) is 4.57. The van der Waals surface area contributed by atoms with Gasteiger partial charge in [-0.25, -0.2) is 4.98 Å². The van der Waals surface area contributed by atoms with Gasteiger partial charge >= 0.3 is 0 Å². The average Bonchev–Trinajstić information content (AvgIpc) is 2.82. The number of hydrogen-bond acceptors (Lipinski definition) is 4. The van der Waals surface area contributed by atoms with E-state index in [1.807, 2.05) is 25.3 Å². The van der Waals surface area contributed by atoms with Gasteiger partial charge in [0.25, 0.3) is 0 Å². The van der Waals surface area contributed by atoms with Crippen molar-refractivity contribution in [3.63, 3.8) is 0 Å². The molecule has 0 bridgehead atoms. The number of nitrogens with one attached hydrogen (secondary N) is 1. The fourth-order valence-corrected chi connectivity index (χ4v) is 4.49. The third-order valence-corrected chi connectivity index (χ3v) is 6.66. The van der Waals surface area contributed by atoms with E-state index in [0.29, 0.717) is 6.04 Å². The standard InChI is InChI=1S/C29H27N5/c1-19-12-14-22(15-13-19)34-28-11-4-3-9-24(28)33-27-17-25(32-23-10-6-16-30-20(23)2)26(18-29(27)34)31-21-7-5-8-21/h3-4,6,9-18,21,32H,5,7-8H2,1-2H3/b31-26+. The van der Waals surface area contributed by atoms with Crippen molar-refractivity contribution in [3.8, 4) is 17.1 Å². The van der Waals surface area contributed by atoms with Gasteiger partial charge in [0.05, 0.1) is 50.9 Å². The van der Waals surface area contributed by atoms with Gasteiger partial charge in [-0.2, -0.15) is 0 Å². The molecule has 5 heteroatoms. The molecule has 0 amide bonds. The Morgan fingerprint density at radius 2 is 1.74 bits per heavy atom. The summed E-state index contributed by atoms with van der Waals surface area (Å²) >= 11 is 0. The fourth-order valence-electron chi connectivity index (χ4n) is 4.49. The van der Waals surface area contributed by atoms with Gasteiger partial charge < -0.3 is 9.88 Å². The minimum absolute atomic E-state index is 0.384. The summed E-state index contributed by atoms with van der Waals surface area (Å²) in [5.41, 5.74) is 9.29. The molecule has 3 aromatic rings. The van der Waals surface area contributed by atoms with E-state index in [1.54, 1.807) is 0 Å². The summed E-state index contributed by atoms with van der Waals surface area (Å²) in [4.78, 5) is 14.6. The number of pyridine rings is 1. The van der Waals surface area contributed by atoms with Crippen LogP contribution in [0.15, 0.2) is 84.0 Å². The van der Waals surface area contributed by atoms with Gasteiger partial charge in [-0.15, -0.1) is 0 Å². The van der Waals surface area contributed by atoms with Crippen LogP contribution in [0, 0.1) is 13.8 Å². The van der Waals surface area contributed by atoms with E-state index in [-0.39, 0.29) is 0 Å². The van der Waals surface area contributed by atoms with Crippen LogP contribution >= 0.6 is 0 Å². The van der Waals surface area contributed by atoms with Crippen molar-refractivity contribution in [1.82, 2.24) is 14.5 Å². The number of nitrogens with zero attached hydrogens (tertiary/aromatic N) is 4. The lowest BCUT2D eigenvalue weighted by molar-refractivity contribution is 0.413. The predicted molar refractivity (Wildman–Crippen MR) is 138 cm³/mol. The zero-order chi connectivity index (χ0) is 23.1. The zero-order valence-electron chi connectivity index (χ0n) is 19.5. The van der Waals surface area contributed by atoms with Crippen molar-refractivity contribution >= 4 is 22.4 Å². The maximum Gasteiger partial charge on any atom is 0.0900 e. The third kappa shape index (κ3) is 3.73. The first-order chi connectivity index (χ1) is 16.7. The van der Waals surface area contributed by atoms with Gasteiger partial charge in [-0.3, -0.25) is 9.98 Å². The zero-order valence-corrected chi connectivity index (χ0v) is 19.5. The van der Waals surface area contributed by atoms with Crippen molar-refractivity contribution in [2.75, 3.05) is 5.32 Å². The number of para-hydroxylation sites is 2. The number of fused-ring (bicyclic) bond motifs is 2. The summed E-state index contributed by atoms with van der Waals surface area (Å²) in [6.45, 7) is 4.13. The van der Waals surface area contributed by atoms with Gasteiger partial charge in [-0.05, 0) is 81.6 Å². The second-order valence-electron chi connectivity index (χ2n) is 9.10. The van der Waals surface area contributed by atoms with Crippen molar-refractivity contribution in [2.24, 2.45) is 4.99 Å². The molecule has 1 fully saturated rings. The highest BCUT2D eigenvalue weighted by Crippen LogP contribution is 2.31. The van der Waals surface area contributed by atoms with E-state index in [2.05, 4.69) is 82.5 Å². The predicted octanol–water partition coefficient (Wildman–Crippen LogP) is 6.34. The number of aromatic nitrogens is 3. The van der Waals surface area contributed by atoms with Crippen LogP contribution in [0.5, 0.6) is 0 Å². The largest absolute Gasteiger partial charge is 0.352 e. The second-order valence-corrected chi connectivity index (χ2v) is 9.10. The van der Waals surface area contributed by atoms with Crippen LogP contribution in [0.4, 0.5) is 11.4 Å². The topological polar surface area (TPSA) is 55.1 Å². The lowest BCUT2D eigenvalue weighted by Gasteiger charge is -2.23. The number of benzene rings is 3. The summed E-state index contributed by atoms with van der Waals surface area (Å²) in [7, 11) is 0. The minimum atomic E-state index is 0.384. The molecule has 0 radical (unpaired) electrons. The Kier molecular flexibility index (Phi) is 5.10. The molecule has 0 atom stereocenters. The molecule has 3 aliphatic rings. The highest BCUT2D eigenvalue weighted by molar-refractivity contribution is 5.84. The summed E-state index contributed by atoms with van der Waals surface area (Å²) < 4.78 is 2.30. The Balaban J connectivity index is 1.64. The second kappa shape index (κ2) is 8.41. The molecule has 2 aromatic carbocycles. The van der Waals surface area contributed by atoms with Gasteiger partial charge in [-0.1, -0.05) is 29.8 Å². The molecule has 168 valence electrons. The van der Waals surface area contributed by atoms with Crippen molar-refractivity contribution in [3.05, 3.63) is 95.6 Å². The van der Waals surface area contributed by atoms with Crippen LogP contribution in [0.3, 0.4) is 0 Å². The van der Waals surface area contributed by atoms with Gasteiger partial charge in [0.15, 0.2) is 0 Å². The molecule has 0 unspecified atom stereocenters. The molecule has 0 saturated heterocycles. The van der Waals surface area contributed by atoms with Crippen LogP contribution in [0.1, 0.15) is 30.5 Å². The molecule has 6 rings (SSSR count). The average molecular weight is 446 g/mol. The third-order valence-electron chi connectivity index (χ3n) is 6.66. The molecule has 1 saturated carbocycles. The fraction of sp³-hybridized carbons (Fsp3) is 0.207. The smallest absolute Gasteiger partial charge is 0.0900 e. The van der Waals surface area contributed by atoms with E-state index in [0.717, 1.165) is 63.4 Å². The molecular weight excluding hydrogens is 418 g/mol. The number of rotatable bonds is 4. The van der Waals surface area contributed by atoms with Crippen molar-refractivity contribution < 1.29 is 0 Å². The highest BCUT2D eigenvalue weighted by Gasteiger charge is 2.19. The quantitative estimate of drug-likeness (QED) is 0.329. The monoisotopic (exact) mass is 445 g/mol. The van der Waals surface area contributed by atoms with E-state index in [9.17, 15) is 0 Å². The first-order valence-corrected chi connectivity index (χ1v) is 11.9. The Morgan fingerprint density at radius 1 is 0.912 bits per heavy atom. The molecule has 34 heavy (non-hydrogen) atoms. The molecule has 0 spiro atoms. The Morgan fingerprint density at radius 3 is 2.50 bits per heavy atom. The molecule has 1 N–H and O–H groups in total. The summed E-state index contributed by atoms with van der Waals surface area (Å²) in [6, 6.07) is 25.7. The Labute approximate surface area is 199 Å². The number of hydrogen-bond donors (Lipinski definition) is 1. The number of aryl methyl sites for hydroxylation is 2. The summed E-state index contributed by atoms with van der Waals surface area (Å²) in [6.07, 6.45) is 5.37. The van der Waals surface area contributed by atoms with Crippen LogP contribution in [-0.4, -0.2) is 20.6 Å². The van der Waals surface area contributed by atoms with E-state index in [4.69, 9.17) is 9.98 Å². The Bertz CT molecular complexity index is 1530. The van der Waals surface area contributed by atoms with Crippen LogP contribution in [0.2, 0.25) is 0 Å². The van der Waals surface area contributed by atoms with Gasteiger partial charge in [0.1, 0.15) is 0 Å². The van der Waals surface area contributed by atoms with Crippen LogP contribution in [0.25, 0.3) is 28.1 Å². The molecule has 2 heterocycles. The molecule has 5 nitrogen and oxygen atoms in total. The van der Waals surface area contributed by atoms with Crippen LogP contribution < -0.4 is 10.7 Å². The minimum Gasteiger partial charge on any atom is -0.352 e. The van der Waals surface area contributed by atoms with Crippen molar-refractivity contribution in [1.29, 1.82) is 0 Å². The summed E-state index contributed by atoms with van der Waals surface area (Å²) in [5.74, 6) is 0. The number of anilines is 2. The molecule has 1 aromatic heterocycles.